The van der Waals surface area contributed by atoms with Gasteiger partial charge >= 0.3 is 12.0 Å². The molecular formula is C13H14BrFN2O3S. The number of carbonyl (C=O) groups excluding carboxylic acids is 1. The number of amides is 2. The number of rotatable bonds is 3. The van der Waals surface area contributed by atoms with Crippen molar-refractivity contribution in [3.8, 4) is 0 Å². The number of hydrogen-bond donors (Lipinski definition) is 2. The van der Waals surface area contributed by atoms with Crippen LogP contribution in [0.15, 0.2) is 22.7 Å². The Labute approximate surface area is 134 Å². The van der Waals surface area contributed by atoms with Crippen LogP contribution in [0.5, 0.6) is 0 Å². The Kier molecular flexibility index (Phi) is 5.10. The SMILES string of the molecule is CCC1SCC(C(=O)O)N1C(=O)Nc1ccc(Br)c(F)c1. The molecule has 1 saturated heterocycles. The molecule has 1 aliphatic heterocycles. The van der Waals surface area contributed by atoms with E-state index < -0.39 is 23.9 Å². The fourth-order valence-electron chi connectivity index (χ4n) is 2.10. The van der Waals surface area contributed by atoms with Gasteiger partial charge in [-0.2, -0.15) is 0 Å². The monoisotopic (exact) mass is 376 g/mol. The number of carboxylic acid groups (broad SMARTS) is 1. The van der Waals surface area contributed by atoms with Crippen molar-refractivity contribution in [1.82, 2.24) is 4.90 Å². The van der Waals surface area contributed by atoms with Crippen molar-refractivity contribution in [3.63, 3.8) is 0 Å². The lowest BCUT2D eigenvalue weighted by atomic mass is 10.2. The molecule has 1 fully saturated rings. The van der Waals surface area contributed by atoms with Crippen LogP contribution in [0.2, 0.25) is 0 Å². The molecule has 5 nitrogen and oxygen atoms in total. The Morgan fingerprint density at radius 1 is 1.57 bits per heavy atom. The lowest BCUT2D eigenvalue weighted by molar-refractivity contribution is -0.141. The first kappa shape index (κ1) is 16.1. The van der Waals surface area contributed by atoms with Gasteiger partial charge in [-0.15, -0.1) is 11.8 Å². The molecule has 8 heteroatoms. The van der Waals surface area contributed by atoms with Crippen molar-refractivity contribution in [1.29, 1.82) is 0 Å². The van der Waals surface area contributed by atoms with Crippen LogP contribution in [0.4, 0.5) is 14.9 Å². The molecule has 1 aliphatic rings. The standard InChI is InChI=1S/C13H14BrFN2O3S/c1-2-11-17(10(6-21-11)12(18)19)13(20)16-7-3-4-8(14)9(15)5-7/h3-5,10-11H,2,6H2,1H3,(H,16,20)(H,18,19). The average molecular weight is 377 g/mol. The van der Waals surface area contributed by atoms with Crippen LogP contribution in [0.25, 0.3) is 0 Å². The minimum absolute atomic E-state index is 0.189. The number of nitrogens with zero attached hydrogens (tertiary/aromatic N) is 1. The topological polar surface area (TPSA) is 69.6 Å². The third-order valence-corrected chi connectivity index (χ3v) is 5.23. The summed E-state index contributed by atoms with van der Waals surface area (Å²) in [6, 6.07) is 2.82. The number of anilines is 1. The highest BCUT2D eigenvalue weighted by Crippen LogP contribution is 2.32. The lowest BCUT2D eigenvalue weighted by Gasteiger charge is -2.26. The van der Waals surface area contributed by atoms with Crippen molar-refractivity contribution in [2.24, 2.45) is 0 Å². The molecule has 2 atom stereocenters. The molecule has 0 aliphatic carbocycles. The highest BCUT2D eigenvalue weighted by Gasteiger charge is 2.40. The van der Waals surface area contributed by atoms with Gasteiger partial charge in [0.15, 0.2) is 0 Å². The zero-order chi connectivity index (χ0) is 15.6. The molecule has 1 aromatic rings. The van der Waals surface area contributed by atoms with Crippen molar-refractivity contribution in [2.45, 2.75) is 24.8 Å². The molecular weight excluding hydrogens is 363 g/mol. The highest BCUT2D eigenvalue weighted by molar-refractivity contribution is 9.10. The molecule has 2 amide bonds. The molecule has 0 aromatic heterocycles. The highest BCUT2D eigenvalue weighted by atomic mass is 79.9. The van der Waals surface area contributed by atoms with Gasteiger partial charge in [0.2, 0.25) is 0 Å². The van der Waals surface area contributed by atoms with E-state index in [4.69, 9.17) is 0 Å². The van der Waals surface area contributed by atoms with E-state index in [1.54, 1.807) is 6.07 Å². The molecule has 0 radical (unpaired) electrons. The summed E-state index contributed by atoms with van der Waals surface area (Å²) < 4.78 is 13.7. The lowest BCUT2D eigenvalue weighted by Crippen LogP contribution is -2.47. The van der Waals surface area contributed by atoms with E-state index >= 15 is 0 Å². The third-order valence-electron chi connectivity index (χ3n) is 3.13. The van der Waals surface area contributed by atoms with Crippen LogP contribution < -0.4 is 5.32 Å². The van der Waals surface area contributed by atoms with E-state index in [9.17, 15) is 19.1 Å². The summed E-state index contributed by atoms with van der Waals surface area (Å²) in [5, 5.41) is 11.6. The Hall–Kier alpha value is -1.28. The maximum absolute atomic E-state index is 13.4. The van der Waals surface area contributed by atoms with Gasteiger partial charge < -0.3 is 10.4 Å². The van der Waals surface area contributed by atoms with E-state index in [0.717, 1.165) is 0 Å². The Morgan fingerprint density at radius 2 is 2.29 bits per heavy atom. The summed E-state index contributed by atoms with van der Waals surface area (Å²) in [5.74, 6) is -1.17. The Bertz CT molecular complexity index is 572. The second kappa shape index (κ2) is 6.65. The van der Waals surface area contributed by atoms with Crippen molar-refractivity contribution < 1.29 is 19.1 Å². The largest absolute Gasteiger partial charge is 0.480 e. The zero-order valence-electron chi connectivity index (χ0n) is 11.2. The summed E-state index contributed by atoms with van der Waals surface area (Å²) >= 11 is 4.47. The smallest absolute Gasteiger partial charge is 0.327 e. The number of aliphatic carboxylic acids is 1. The summed E-state index contributed by atoms with van der Waals surface area (Å²) in [6.45, 7) is 1.89. The summed E-state index contributed by atoms with van der Waals surface area (Å²) in [6.07, 6.45) is 0.649. The third kappa shape index (κ3) is 3.49. The predicted octanol–water partition coefficient (Wildman–Crippen LogP) is 3.36. The number of urea groups is 1. The second-order valence-electron chi connectivity index (χ2n) is 4.52. The maximum atomic E-state index is 13.4. The number of thioether (sulfide) groups is 1. The van der Waals surface area contributed by atoms with Gasteiger partial charge in [0.25, 0.3) is 0 Å². The van der Waals surface area contributed by atoms with E-state index in [2.05, 4.69) is 21.2 Å². The first-order valence-electron chi connectivity index (χ1n) is 6.32. The number of hydrogen-bond acceptors (Lipinski definition) is 3. The van der Waals surface area contributed by atoms with Gasteiger partial charge in [-0.05, 0) is 40.5 Å². The van der Waals surface area contributed by atoms with Crippen LogP contribution in [-0.2, 0) is 4.79 Å². The van der Waals surface area contributed by atoms with Crippen LogP contribution >= 0.6 is 27.7 Å². The van der Waals surface area contributed by atoms with Crippen LogP contribution in [0.1, 0.15) is 13.3 Å². The zero-order valence-corrected chi connectivity index (χ0v) is 13.6. The molecule has 0 bridgehead atoms. The first-order chi connectivity index (χ1) is 9.93. The number of nitrogens with one attached hydrogen (secondary N) is 1. The molecule has 21 heavy (non-hydrogen) atoms. The summed E-state index contributed by atoms with van der Waals surface area (Å²) in [7, 11) is 0. The minimum Gasteiger partial charge on any atom is -0.480 e. The van der Waals surface area contributed by atoms with Gasteiger partial charge in [0.05, 0.1) is 9.85 Å². The van der Waals surface area contributed by atoms with Crippen LogP contribution in [0, 0.1) is 5.82 Å². The maximum Gasteiger partial charge on any atom is 0.327 e. The molecule has 0 saturated carbocycles. The molecule has 1 heterocycles. The van der Waals surface area contributed by atoms with E-state index in [1.165, 1.54) is 28.8 Å². The van der Waals surface area contributed by atoms with Gasteiger partial charge in [0, 0.05) is 11.4 Å². The fraction of sp³-hybridized carbons (Fsp3) is 0.385. The number of benzene rings is 1. The van der Waals surface area contributed by atoms with E-state index in [-0.39, 0.29) is 11.1 Å². The average Bonchev–Trinajstić information content (AvgIpc) is 2.87. The number of halogens is 2. The molecule has 2 N–H and O–H groups in total. The van der Waals surface area contributed by atoms with Gasteiger partial charge in [-0.3, -0.25) is 4.90 Å². The molecule has 2 rings (SSSR count). The fourth-order valence-corrected chi connectivity index (χ4v) is 3.70. The van der Waals surface area contributed by atoms with Crippen molar-refractivity contribution in [2.75, 3.05) is 11.1 Å². The Balaban J connectivity index is 2.16. The summed E-state index contributed by atoms with van der Waals surface area (Å²) in [4.78, 5) is 24.8. The van der Waals surface area contributed by atoms with Crippen molar-refractivity contribution in [3.05, 3.63) is 28.5 Å². The van der Waals surface area contributed by atoms with Gasteiger partial charge in [-0.25, -0.2) is 14.0 Å². The first-order valence-corrected chi connectivity index (χ1v) is 8.17. The normalized spacial score (nSPS) is 21.4. The molecule has 1 aromatic carbocycles. The van der Waals surface area contributed by atoms with Gasteiger partial charge in [0.1, 0.15) is 11.9 Å². The Morgan fingerprint density at radius 3 is 2.86 bits per heavy atom. The quantitative estimate of drug-likeness (QED) is 0.848. The number of carbonyl (C=O) groups is 2. The van der Waals surface area contributed by atoms with Crippen molar-refractivity contribution >= 4 is 45.4 Å². The van der Waals surface area contributed by atoms with E-state index in [1.807, 2.05) is 6.92 Å². The molecule has 114 valence electrons. The number of carboxylic acids is 1. The van der Waals surface area contributed by atoms with Crippen LogP contribution in [0.3, 0.4) is 0 Å². The minimum atomic E-state index is -1.03. The second-order valence-corrected chi connectivity index (χ2v) is 6.58. The van der Waals surface area contributed by atoms with Gasteiger partial charge in [-0.1, -0.05) is 6.92 Å². The summed E-state index contributed by atoms with van der Waals surface area (Å²) in [5.41, 5.74) is 0.289. The molecule has 2 unspecified atom stereocenters. The molecule has 0 spiro atoms. The predicted molar refractivity (Wildman–Crippen MR) is 82.9 cm³/mol. The van der Waals surface area contributed by atoms with E-state index in [0.29, 0.717) is 16.6 Å². The van der Waals surface area contributed by atoms with Crippen LogP contribution in [-0.4, -0.2) is 39.2 Å².